The minimum absolute atomic E-state index is 0.314. The fourth-order valence-corrected chi connectivity index (χ4v) is 1.32. The summed E-state index contributed by atoms with van der Waals surface area (Å²) in [6.07, 6.45) is 1.78. The first-order valence-electron chi connectivity index (χ1n) is 4.20. The summed E-state index contributed by atoms with van der Waals surface area (Å²) < 4.78 is 18.4. The van der Waals surface area contributed by atoms with Crippen LogP contribution in [-0.4, -0.2) is 11.6 Å². The van der Waals surface area contributed by atoms with Gasteiger partial charge in [0.25, 0.3) is 0 Å². The number of hydrogen-bond acceptors (Lipinski definition) is 1. The summed E-state index contributed by atoms with van der Waals surface area (Å²) in [5.74, 6) is -0.00796. The van der Waals surface area contributed by atoms with Gasteiger partial charge in [-0.25, -0.2) is 4.39 Å². The summed E-state index contributed by atoms with van der Waals surface area (Å²) in [6, 6.07) is 5.03. The molecule has 1 aromatic heterocycles. The van der Waals surface area contributed by atoms with Gasteiger partial charge in [-0.15, -0.1) is 0 Å². The van der Waals surface area contributed by atoms with Gasteiger partial charge in [-0.1, -0.05) is 0 Å². The van der Waals surface area contributed by atoms with Crippen LogP contribution in [0, 0.1) is 5.82 Å². The number of H-pyrrole nitrogens is 1. The van der Waals surface area contributed by atoms with Crippen molar-refractivity contribution in [2.24, 2.45) is 0 Å². The lowest BCUT2D eigenvalue weighted by Crippen LogP contribution is -1.94. The molecule has 3 heteroatoms. The molecule has 0 atom stereocenters. The summed E-state index contributed by atoms with van der Waals surface area (Å²) in [7, 11) is 0. The maximum absolute atomic E-state index is 13.2. The van der Waals surface area contributed by atoms with E-state index in [0.29, 0.717) is 12.4 Å². The Hall–Kier alpha value is -1.51. The average Bonchev–Trinajstić information content (AvgIpc) is 2.52. The molecule has 0 aliphatic carbocycles. The Morgan fingerprint density at radius 1 is 1.46 bits per heavy atom. The molecule has 2 nitrogen and oxygen atoms in total. The molecule has 0 aliphatic heterocycles. The van der Waals surface area contributed by atoms with Gasteiger partial charge >= 0.3 is 0 Å². The number of fused-ring (bicyclic) bond motifs is 1. The highest BCUT2D eigenvalue weighted by molar-refractivity contribution is 5.80. The molecule has 0 unspecified atom stereocenters. The minimum Gasteiger partial charge on any atom is -0.491 e. The number of aromatic nitrogens is 1. The predicted octanol–water partition coefficient (Wildman–Crippen LogP) is 2.71. The lowest BCUT2D eigenvalue weighted by molar-refractivity contribution is 0.322. The predicted molar refractivity (Wildman–Crippen MR) is 49.4 cm³/mol. The van der Waals surface area contributed by atoms with Crippen LogP contribution in [0.5, 0.6) is 5.75 Å². The number of halogens is 1. The minimum atomic E-state index is -0.322. The molecule has 0 spiro atoms. The third-order valence-electron chi connectivity index (χ3n) is 1.91. The molecule has 0 saturated carbocycles. The molecular weight excluding hydrogens is 169 g/mol. The maximum Gasteiger partial charge on any atom is 0.167 e. The van der Waals surface area contributed by atoms with Gasteiger partial charge in [-0.05, 0) is 19.1 Å². The fraction of sp³-hybridized carbons (Fsp3) is 0.200. The van der Waals surface area contributed by atoms with E-state index < -0.39 is 0 Å². The van der Waals surface area contributed by atoms with Crippen molar-refractivity contribution in [1.29, 1.82) is 0 Å². The fourth-order valence-electron chi connectivity index (χ4n) is 1.32. The van der Waals surface area contributed by atoms with Crippen LogP contribution in [0.1, 0.15) is 6.92 Å². The zero-order valence-corrected chi connectivity index (χ0v) is 7.30. The number of nitrogens with one attached hydrogen (secondary N) is 1. The summed E-state index contributed by atoms with van der Waals surface area (Å²) in [5, 5.41) is 0.963. The topological polar surface area (TPSA) is 25.0 Å². The Morgan fingerprint density at radius 3 is 3.08 bits per heavy atom. The van der Waals surface area contributed by atoms with Gasteiger partial charge in [-0.2, -0.15) is 0 Å². The van der Waals surface area contributed by atoms with E-state index >= 15 is 0 Å². The zero-order chi connectivity index (χ0) is 9.26. The van der Waals surface area contributed by atoms with Crippen molar-refractivity contribution in [3.63, 3.8) is 0 Å². The molecule has 0 saturated heterocycles. The van der Waals surface area contributed by atoms with Crippen LogP contribution in [0.25, 0.3) is 10.9 Å². The van der Waals surface area contributed by atoms with Gasteiger partial charge in [0.2, 0.25) is 0 Å². The lowest BCUT2D eigenvalue weighted by atomic mass is 10.2. The Bertz CT molecular complexity index is 422. The van der Waals surface area contributed by atoms with Crippen LogP contribution >= 0.6 is 0 Å². The Kier molecular flexibility index (Phi) is 1.93. The quantitative estimate of drug-likeness (QED) is 0.753. The van der Waals surface area contributed by atoms with Gasteiger partial charge in [0.15, 0.2) is 11.6 Å². The van der Waals surface area contributed by atoms with Crippen LogP contribution in [0.15, 0.2) is 24.4 Å². The van der Waals surface area contributed by atoms with E-state index in [4.69, 9.17) is 4.74 Å². The molecule has 0 radical (unpaired) electrons. The first kappa shape index (κ1) is 8.10. The second kappa shape index (κ2) is 3.09. The molecule has 0 fully saturated rings. The lowest BCUT2D eigenvalue weighted by Gasteiger charge is -2.03. The monoisotopic (exact) mass is 179 g/mol. The average molecular weight is 179 g/mol. The number of benzene rings is 1. The van der Waals surface area contributed by atoms with Gasteiger partial charge in [-0.3, -0.25) is 0 Å². The summed E-state index contributed by atoms with van der Waals surface area (Å²) in [6.45, 7) is 2.31. The Morgan fingerprint density at radius 2 is 2.31 bits per heavy atom. The first-order valence-corrected chi connectivity index (χ1v) is 4.20. The van der Waals surface area contributed by atoms with E-state index in [1.54, 1.807) is 12.3 Å². The highest BCUT2D eigenvalue weighted by Gasteiger charge is 2.05. The second-order valence-electron chi connectivity index (χ2n) is 2.78. The van der Waals surface area contributed by atoms with Crippen molar-refractivity contribution in [3.8, 4) is 5.75 Å². The van der Waals surface area contributed by atoms with Gasteiger partial charge in [0.05, 0.1) is 6.61 Å². The standard InChI is InChI=1S/C10H10FNO/c1-2-13-10-5-7-3-4-12-9(7)6-8(10)11/h3-6,12H,2H2,1H3. The molecule has 13 heavy (non-hydrogen) atoms. The Balaban J connectivity index is 2.56. The second-order valence-corrected chi connectivity index (χ2v) is 2.78. The van der Waals surface area contributed by atoms with Crippen molar-refractivity contribution < 1.29 is 9.13 Å². The van der Waals surface area contributed by atoms with Crippen LogP contribution in [0.2, 0.25) is 0 Å². The van der Waals surface area contributed by atoms with Crippen molar-refractivity contribution in [3.05, 3.63) is 30.2 Å². The Labute approximate surface area is 75.3 Å². The normalized spacial score (nSPS) is 10.6. The van der Waals surface area contributed by atoms with E-state index in [9.17, 15) is 4.39 Å². The SMILES string of the molecule is CCOc1cc2cc[nH]c2cc1F. The van der Waals surface area contributed by atoms with Gasteiger partial charge < -0.3 is 9.72 Å². The van der Waals surface area contributed by atoms with Crippen molar-refractivity contribution >= 4 is 10.9 Å². The summed E-state index contributed by atoms with van der Waals surface area (Å²) in [4.78, 5) is 2.93. The number of aromatic amines is 1. The molecule has 1 aromatic carbocycles. The smallest absolute Gasteiger partial charge is 0.167 e. The van der Waals surface area contributed by atoms with E-state index in [2.05, 4.69) is 4.98 Å². The molecule has 1 N–H and O–H groups in total. The van der Waals surface area contributed by atoms with Crippen LogP contribution in [0.3, 0.4) is 0 Å². The molecule has 2 rings (SSSR count). The number of rotatable bonds is 2. The molecule has 0 aliphatic rings. The highest BCUT2D eigenvalue weighted by Crippen LogP contribution is 2.23. The molecule has 0 amide bonds. The van der Waals surface area contributed by atoms with Gasteiger partial charge in [0, 0.05) is 23.2 Å². The van der Waals surface area contributed by atoms with Crippen molar-refractivity contribution in [2.75, 3.05) is 6.61 Å². The zero-order valence-electron chi connectivity index (χ0n) is 7.30. The van der Waals surface area contributed by atoms with E-state index in [-0.39, 0.29) is 5.82 Å². The largest absolute Gasteiger partial charge is 0.491 e. The molecule has 1 heterocycles. The molecule has 0 bridgehead atoms. The van der Waals surface area contributed by atoms with E-state index in [1.807, 2.05) is 13.0 Å². The van der Waals surface area contributed by atoms with Crippen molar-refractivity contribution in [2.45, 2.75) is 6.92 Å². The van der Waals surface area contributed by atoms with Crippen LogP contribution in [0.4, 0.5) is 4.39 Å². The molecule has 68 valence electrons. The van der Waals surface area contributed by atoms with Gasteiger partial charge in [0.1, 0.15) is 0 Å². The van der Waals surface area contributed by atoms with Crippen LogP contribution < -0.4 is 4.74 Å². The number of ether oxygens (including phenoxy) is 1. The number of hydrogen-bond donors (Lipinski definition) is 1. The third kappa shape index (κ3) is 1.37. The van der Waals surface area contributed by atoms with Crippen molar-refractivity contribution in [1.82, 2.24) is 4.98 Å². The first-order chi connectivity index (χ1) is 6.31. The maximum atomic E-state index is 13.2. The summed E-state index contributed by atoms with van der Waals surface area (Å²) in [5.41, 5.74) is 0.793. The molecular formula is C10H10FNO. The van der Waals surface area contributed by atoms with E-state index in [1.165, 1.54) is 6.07 Å². The van der Waals surface area contributed by atoms with E-state index in [0.717, 1.165) is 10.9 Å². The van der Waals surface area contributed by atoms with Crippen LogP contribution in [-0.2, 0) is 0 Å². The highest BCUT2D eigenvalue weighted by atomic mass is 19.1. The third-order valence-corrected chi connectivity index (χ3v) is 1.91. The summed E-state index contributed by atoms with van der Waals surface area (Å²) >= 11 is 0. The molecule has 2 aromatic rings.